The number of anilines is 1. The standard InChI is InChI=1S/C16H21NO4/c1-16(2,21-3)8-9-17-13-6-4-12(15(19)20)10-11(13)5-7-14(17)18/h4,6,10H,5,7-9H2,1-3H3,(H,19,20). The number of rotatable bonds is 5. The van der Waals surface area contributed by atoms with Crippen LogP contribution in [0.5, 0.6) is 0 Å². The van der Waals surface area contributed by atoms with E-state index in [0.717, 1.165) is 17.7 Å². The summed E-state index contributed by atoms with van der Waals surface area (Å²) in [5.74, 6) is -0.862. The highest BCUT2D eigenvalue weighted by Crippen LogP contribution is 2.30. The minimum atomic E-state index is -0.943. The van der Waals surface area contributed by atoms with E-state index in [0.29, 0.717) is 19.4 Å². The number of carbonyl (C=O) groups excluding carboxylic acids is 1. The number of amides is 1. The third-order valence-corrected chi connectivity index (χ3v) is 4.02. The van der Waals surface area contributed by atoms with E-state index in [9.17, 15) is 9.59 Å². The Morgan fingerprint density at radius 3 is 2.71 bits per heavy atom. The highest BCUT2D eigenvalue weighted by Gasteiger charge is 2.27. The van der Waals surface area contributed by atoms with Gasteiger partial charge in [0.1, 0.15) is 0 Å². The Kier molecular flexibility index (Phi) is 4.32. The molecule has 1 aromatic rings. The molecule has 1 aliphatic rings. The lowest BCUT2D eigenvalue weighted by Gasteiger charge is -2.32. The zero-order valence-electron chi connectivity index (χ0n) is 12.7. The molecule has 0 fully saturated rings. The molecule has 2 rings (SSSR count). The smallest absolute Gasteiger partial charge is 0.335 e. The second kappa shape index (κ2) is 5.85. The van der Waals surface area contributed by atoms with E-state index in [-0.39, 0.29) is 17.1 Å². The molecule has 0 radical (unpaired) electrons. The van der Waals surface area contributed by atoms with Crippen LogP contribution in [-0.4, -0.2) is 36.2 Å². The Morgan fingerprint density at radius 2 is 2.10 bits per heavy atom. The van der Waals surface area contributed by atoms with Crippen LogP contribution in [0.15, 0.2) is 18.2 Å². The van der Waals surface area contributed by atoms with Crippen LogP contribution in [0, 0.1) is 0 Å². The first-order valence-corrected chi connectivity index (χ1v) is 7.06. The van der Waals surface area contributed by atoms with E-state index in [1.165, 1.54) is 0 Å². The van der Waals surface area contributed by atoms with Crippen molar-refractivity contribution in [2.75, 3.05) is 18.6 Å². The maximum absolute atomic E-state index is 12.1. The van der Waals surface area contributed by atoms with Crippen molar-refractivity contribution in [3.8, 4) is 0 Å². The second-order valence-electron chi connectivity index (χ2n) is 5.91. The minimum absolute atomic E-state index is 0.0810. The van der Waals surface area contributed by atoms with Crippen LogP contribution >= 0.6 is 0 Å². The molecule has 0 unspecified atom stereocenters. The second-order valence-corrected chi connectivity index (χ2v) is 5.91. The number of nitrogens with zero attached hydrogens (tertiary/aromatic N) is 1. The lowest BCUT2D eigenvalue weighted by Crippen LogP contribution is -2.39. The van der Waals surface area contributed by atoms with Crippen molar-refractivity contribution < 1.29 is 19.4 Å². The van der Waals surface area contributed by atoms with Gasteiger partial charge >= 0.3 is 5.97 Å². The molecule has 0 saturated heterocycles. The number of benzene rings is 1. The van der Waals surface area contributed by atoms with Crippen LogP contribution in [0.4, 0.5) is 5.69 Å². The first-order chi connectivity index (χ1) is 9.84. The number of methoxy groups -OCH3 is 1. The molecule has 0 atom stereocenters. The average Bonchev–Trinajstić information content (AvgIpc) is 2.45. The first kappa shape index (κ1) is 15.5. The molecule has 1 amide bonds. The van der Waals surface area contributed by atoms with Crippen LogP contribution in [0.1, 0.15) is 42.6 Å². The van der Waals surface area contributed by atoms with Crippen molar-refractivity contribution in [2.45, 2.75) is 38.7 Å². The Labute approximate surface area is 124 Å². The number of hydrogen-bond donors (Lipinski definition) is 1. The van der Waals surface area contributed by atoms with E-state index in [1.54, 1.807) is 30.2 Å². The number of carbonyl (C=O) groups is 2. The van der Waals surface area contributed by atoms with Gasteiger partial charge in [0.15, 0.2) is 0 Å². The molecule has 1 heterocycles. The van der Waals surface area contributed by atoms with E-state index < -0.39 is 5.97 Å². The molecule has 1 aliphatic heterocycles. The van der Waals surface area contributed by atoms with Crippen LogP contribution in [-0.2, 0) is 16.0 Å². The van der Waals surface area contributed by atoms with Gasteiger partial charge in [-0.3, -0.25) is 4.79 Å². The number of ether oxygens (including phenoxy) is 1. The molecule has 0 aromatic heterocycles. The monoisotopic (exact) mass is 291 g/mol. The molecule has 5 nitrogen and oxygen atoms in total. The van der Waals surface area contributed by atoms with Crippen LogP contribution in [0.25, 0.3) is 0 Å². The van der Waals surface area contributed by atoms with E-state index in [2.05, 4.69) is 0 Å². The maximum Gasteiger partial charge on any atom is 0.335 e. The lowest BCUT2D eigenvalue weighted by atomic mass is 9.97. The summed E-state index contributed by atoms with van der Waals surface area (Å²) < 4.78 is 5.39. The van der Waals surface area contributed by atoms with Crippen molar-refractivity contribution in [2.24, 2.45) is 0 Å². The molecular formula is C16H21NO4. The molecule has 1 N–H and O–H groups in total. The van der Waals surface area contributed by atoms with E-state index in [1.807, 2.05) is 13.8 Å². The zero-order chi connectivity index (χ0) is 15.6. The van der Waals surface area contributed by atoms with Crippen LogP contribution in [0.2, 0.25) is 0 Å². The molecule has 0 aliphatic carbocycles. The predicted octanol–water partition coefficient (Wildman–Crippen LogP) is 2.48. The average molecular weight is 291 g/mol. The van der Waals surface area contributed by atoms with Gasteiger partial charge in [-0.2, -0.15) is 0 Å². The molecule has 0 saturated carbocycles. The number of hydrogen-bond acceptors (Lipinski definition) is 3. The third kappa shape index (κ3) is 3.42. The third-order valence-electron chi connectivity index (χ3n) is 4.02. The van der Waals surface area contributed by atoms with Crippen molar-refractivity contribution in [3.05, 3.63) is 29.3 Å². The topological polar surface area (TPSA) is 66.8 Å². The summed E-state index contributed by atoms with van der Waals surface area (Å²) >= 11 is 0. The summed E-state index contributed by atoms with van der Waals surface area (Å²) in [6.45, 7) is 4.53. The molecule has 21 heavy (non-hydrogen) atoms. The van der Waals surface area contributed by atoms with Gasteiger partial charge < -0.3 is 14.7 Å². The zero-order valence-corrected chi connectivity index (χ0v) is 12.7. The minimum Gasteiger partial charge on any atom is -0.478 e. The normalized spacial score (nSPS) is 15.0. The maximum atomic E-state index is 12.1. The summed E-state index contributed by atoms with van der Waals surface area (Å²) in [5, 5.41) is 9.05. The van der Waals surface area contributed by atoms with Crippen LogP contribution in [0.3, 0.4) is 0 Å². The molecule has 1 aromatic carbocycles. The summed E-state index contributed by atoms with van der Waals surface area (Å²) in [4.78, 5) is 24.9. The molecule has 5 heteroatoms. The van der Waals surface area contributed by atoms with Crippen molar-refractivity contribution in [1.82, 2.24) is 0 Å². The summed E-state index contributed by atoms with van der Waals surface area (Å²) in [7, 11) is 1.66. The Morgan fingerprint density at radius 1 is 1.38 bits per heavy atom. The van der Waals surface area contributed by atoms with Gasteiger partial charge in [0.25, 0.3) is 0 Å². The van der Waals surface area contributed by atoms with Crippen molar-refractivity contribution in [1.29, 1.82) is 0 Å². The van der Waals surface area contributed by atoms with Gasteiger partial charge in [0, 0.05) is 25.8 Å². The Balaban J connectivity index is 2.24. The molecule has 0 spiro atoms. The largest absolute Gasteiger partial charge is 0.478 e. The SMILES string of the molecule is COC(C)(C)CCN1C(=O)CCc2cc(C(=O)O)ccc21. The number of aryl methyl sites for hydroxylation is 1. The molecular weight excluding hydrogens is 270 g/mol. The van der Waals surface area contributed by atoms with Crippen molar-refractivity contribution >= 4 is 17.6 Å². The number of aromatic carboxylic acids is 1. The lowest BCUT2D eigenvalue weighted by molar-refractivity contribution is -0.119. The number of fused-ring (bicyclic) bond motifs is 1. The quantitative estimate of drug-likeness (QED) is 0.905. The van der Waals surface area contributed by atoms with Crippen LogP contribution < -0.4 is 4.90 Å². The van der Waals surface area contributed by atoms with E-state index in [4.69, 9.17) is 9.84 Å². The van der Waals surface area contributed by atoms with Crippen molar-refractivity contribution in [3.63, 3.8) is 0 Å². The highest BCUT2D eigenvalue weighted by molar-refractivity contribution is 5.97. The van der Waals surface area contributed by atoms with Gasteiger partial charge in [-0.05, 0) is 50.5 Å². The van der Waals surface area contributed by atoms with Gasteiger partial charge in [0.05, 0.1) is 11.2 Å². The summed E-state index contributed by atoms with van der Waals surface area (Å²) in [6, 6.07) is 4.95. The molecule has 114 valence electrons. The van der Waals surface area contributed by atoms with Gasteiger partial charge in [0.2, 0.25) is 5.91 Å². The molecule has 0 bridgehead atoms. The summed E-state index contributed by atoms with van der Waals surface area (Å²) in [5.41, 5.74) is 1.71. The van der Waals surface area contributed by atoms with Gasteiger partial charge in [-0.1, -0.05) is 0 Å². The first-order valence-electron chi connectivity index (χ1n) is 7.06. The van der Waals surface area contributed by atoms with Gasteiger partial charge in [-0.25, -0.2) is 4.79 Å². The highest BCUT2D eigenvalue weighted by atomic mass is 16.5. The fraction of sp³-hybridized carbons (Fsp3) is 0.500. The summed E-state index contributed by atoms with van der Waals surface area (Å²) in [6.07, 6.45) is 1.73. The fourth-order valence-electron chi connectivity index (χ4n) is 2.42. The number of carboxylic acids is 1. The number of carboxylic acid groups (broad SMARTS) is 1. The van der Waals surface area contributed by atoms with Gasteiger partial charge in [-0.15, -0.1) is 0 Å². The van der Waals surface area contributed by atoms with E-state index >= 15 is 0 Å². The Bertz CT molecular complexity index is 565. The fourth-order valence-corrected chi connectivity index (χ4v) is 2.42. The predicted molar refractivity (Wildman–Crippen MR) is 79.8 cm³/mol. The Hall–Kier alpha value is -1.88.